The van der Waals surface area contributed by atoms with Crippen molar-refractivity contribution in [3.8, 4) is 0 Å². The predicted molar refractivity (Wildman–Crippen MR) is 42.0 cm³/mol. The maximum atomic E-state index is 12.3. The first kappa shape index (κ1) is 11.3. The molecule has 1 rings (SSSR count). The third-order valence-electron chi connectivity index (χ3n) is 0.963. The fourth-order valence-electron chi connectivity index (χ4n) is 0.498. The Hall–Kier alpha value is 0.256. The Morgan fingerprint density at radius 3 is 1.91 bits per heavy atom. The molecular weight excluding hydrogens is 233 g/mol. The molecule has 0 unspecified atom stereocenters. The largest absolute Gasteiger partial charge is 2.00 e. The first-order valence-electron chi connectivity index (χ1n) is 2.41. The van der Waals surface area contributed by atoms with Gasteiger partial charge in [-0.1, -0.05) is 0 Å². The van der Waals surface area contributed by atoms with Crippen LogP contribution in [0.25, 0.3) is 0 Å². The van der Waals surface area contributed by atoms with E-state index in [4.69, 9.17) is 0 Å². The maximum Gasteiger partial charge on any atom is 2.00 e. The molecule has 0 aliphatic heterocycles. The van der Waals surface area contributed by atoms with Gasteiger partial charge in [-0.25, -0.2) is 13.2 Å². The molecule has 0 aliphatic rings. The van der Waals surface area contributed by atoms with E-state index in [1.54, 1.807) is 0 Å². The molecule has 0 fully saturated rings. The van der Waals surface area contributed by atoms with Crippen molar-refractivity contribution in [2.45, 2.75) is 0 Å². The zero-order valence-electron chi connectivity index (χ0n) is 7.37. The predicted octanol–water partition coefficient (Wildman–Crippen LogP) is 2.71. The third-order valence-corrected chi connectivity index (χ3v) is 1.57. The molecule has 0 aromatic heterocycles. The molecule has 0 nitrogen and oxygen atoms in total. The van der Waals surface area contributed by atoms with E-state index in [1.165, 1.54) is 0 Å². The van der Waals surface area contributed by atoms with Gasteiger partial charge in [0.15, 0.2) is 11.6 Å². The topological polar surface area (TPSA) is 0 Å². The van der Waals surface area contributed by atoms with Gasteiger partial charge in [-0.05, 0) is 22.0 Å². The third kappa shape index (κ3) is 2.65. The van der Waals surface area contributed by atoms with E-state index < -0.39 is 17.5 Å². The minimum Gasteiger partial charge on any atom is -1.00 e. The molecule has 0 atom stereocenters. The van der Waals surface area contributed by atoms with Crippen molar-refractivity contribution in [2.75, 3.05) is 0 Å². The van der Waals surface area contributed by atoms with E-state index in [0.29, 0.717) is 6.07 Å². The number of hydrogen-bond donors (Lipinski definition) is 0. The van der Waals surface area contributed by atoms with Gasteiger partial charge in [0.25, 0.3) is 0 Å². The monoisotopic (exact) mass is 236 g/mol. The number of halogens is 4. The molecule has 0 aliphatic carbocycles. The summed E-state index contributed by atoms with van der Waals surface area (Å²) in [7, 11) is 0. The van der Waals surface area contributed by atoms with Crippen molar-refractivity contribution < 1.29 is 16.0 Å². The first-order valence-corrected chi connectivity index (χ1v) is 3.20. The van der Waals surface area contributed by atoms with E-state index in [-0.39, 0.29) is 30.4 Å². The molecule has 1 aromatic carbocycles. The van der Waals surface area contributed by atoms with Crippen LogP contribution in [0, 0.1) is 17.5 Å². The zero-order valence-corrected chi connectivity index (χ0v) is 8.37. The molecule has 11 heavy (non-hydrogen) atoms. The summed E-state index contributed by atoms with van der Waals surface area (Å²) in [6.07, 6.45) is 0. The van der Waals surface area contributed by atoms with Gasteiger partial charge >= 0.3 is 23.1 Å². The molecule has 58 valence electrons. The fraction of sp³-hybridized carbons (Fsp3) is 0. The van der Waals surface area contributed by atoms with Crippen LogP contribution in [-0.2, 0) is 0 Å². The normalized spacial score (nSPS) is 9.09. The summed E-state index contributed by atoms with van der Waals surface area (Å²) < 4.78 is 36.5. The Labute approximate surface area is 89.0 Å². The zero-order chi connectivity index (χ0) is 7.72. The molecule has 0 spiro atoms. The summed E-state index contributed by atoms with van der Waals surface area (Å²) in [5, 5.41) is 0. The average molecular weight is 237 g/mol. The van der Waals surface area contributed by atoms with E-state index in [0.717, 1.165) is 6.07 Å². The number of hydrogen-bond acceptors (Lipinski definition) is 0. The van der Waals surface area contributed by atoms with Crippen LogP contribution in [-0.4, -0.2) is 23.1 Å². The summed E-state index contributed by atoms with van der Waals surface area (Å²) >= 11 is 2.70. The van der Waals surface area contributed by atoms with Crippen LogP contribution in [0.2, 0.25) is 0 Å². The quantitative estimate of drug-likeness (QED) is 0.481. The van der Waals surface area contributed by atoms with Gasteiger partial charge in [0.2, 0.25) is 0 Å². The van der Waals surface area contributed by atoms with Crippen LogP contribution < -0.4 is 0 Å². The SMILES string of the molecule is Fc1cc(F)c(Br)cc1F.[H-].[H-].[Mg+2]. The second-order valence-electron chi connectivity index (χ2n) is 1.68. The van der Waals surface area contributed by atoms with Crippen molar-refractivity contribution in [2.24, 2.45) is 0 Å². The molecule has 0 amide bonds. The summed E-state index contributed by atoms with van der Waals surface area (Å²) in [4.78, 5) is 0. The van der Waals surface area contributed by atoms with Crippen LogP contribution in [0.5, 0.6) is 0 Å². The Bertz CT molecular complexity index is 222. The van der Waals surface area contributed by atoms with E-state index in [9.17, 15) is 13.2 Å². The minimum atomic E-state index is -1.18. The molecule has 5 heteroatoms. The van der Waals surface area contributed by atoms with E-state index >= 15 is 0 Å². The smallest absolute Gasteiger partial charge is 1.00 e. The second kappa shape index (κ2) is 4.32. The maximum absolute atomic E-state index is 12.3. The molecule has 0 heterocycles. The van der Waals surface area contributed by atoms with E-state index in [1.807, 2.05) is 0 Å². The van der Waals surface area contributed by atoms with Crippen molar-refractivity contribution >= 4 is 39.0 Å². The molecular formula is C6H4BrF3Mg. The van der Waals surface area contributed by atoms with Gasteiger partial charge < -0.3 is 2.85 Å². The standard InChI is InChI=1S/C6H2BrF3.Mg.2H/c7-3-1-5(9)6(10)2-4(3)8;;;/h1-2H;;;/q;+2;2*-1. The number of benzene rings is 1. The van der Waals surface area contributed by atoms with Crippen LogP contribution >= 0.6 is 15.9 Å². The first-order chi connectivity index (χ1) is 4.61. The molecule has 0 N–H and O–H groups in total. The summed E-state index contributed by atoms with van der Waals surface area (Å²) in [6.45, 7) is 0. The van der Waals surface area contributed by atoms with Crippen LogP contribution in [0.1, 0.15) is 2.85 Å². The van der Waals surface area contributed by atoms with Crippen LogP contribution in [0.15, 0.2) is 16.6 Å². The average Bonchev–Trinajstić information content (AvgIpc) is 1.84. The van der Waals surface area contributed by atoms with Crippen molar-refractivity contribution in [3.05, 3.63) is 34.1 Å². The van der Waals surface area contributed by atoms with Crippen molar-refractivity contribution in [1.82, 2.24) is 0 Å². The Kier molecular flexibility index (Phi) is 4.42. The van der Waals surface area contributed by atoms with Crippen LogP contribution in [0.4, 0.5) is 13.2 Å². The van der Waals surface area contributed by atoms with Gasteiger partial charge in [0.05, 0.1) is 4.47 Å². The van der Waals surface area contributed by atoms with Gasteiger partial charge in [-0.15, -0.1) is 0 Å². The molecule has 0 radical (unpaired) electrons. The molecule has 0 bridgehead atoms. The Morgan fingerprint density at radius 2 is 1.45 bits per heavy atom. The summed E-state index contributed by atoms with van der Waals surface area (Å²) in [6, 6.07) is 1.23. The number of rotatable bonds is 0. The summed E-state index contributed by atoms with van der Waals surface area (Å²) in [5.74, 6) is -3.05. The van der Waals surface area contributed by atoms with Crippen LogP contribution in [0.3, 0.4) is 0 Å². The molecule has 0 saturated carbocycles. The summed E-state index contributed by atoms with van der Waals surface area (Å²) in [5.41, 5.74) is 0. The van der Waals surface area contributed by atoms with E-state index in [2.05, 4.69) is 15.9 Å². The Balaban J connectivity index is -0.000000333. The fourth-order valence-corrected chi connectivity index (χ4v) is 0.814. The van der Waals surface area contributed by atoms with Crippen molar-refractivity contribution in [3.63, 3.8) is 0 Å². The molecule has 1 aromatic rings. The minimum absolute atomic E-state index is 0. The molecule has 0 saturated heterocycles. The van der Waals surface area contributed by atoms with Gasteiger partial charge in [0.1, 0.15) is 5.82 Å². The van der Waals surface area contributed by atoms with Gasteiger partial charge in [-0.2, -0.15) is 0 Å². The van der Waals surface area contributed by atoms with Gasteiger partial charge in [-0.3, -0.25) is 0 Å². The van der Waals surface area contributed by atoms with Crippen molar-refractivity contribution in [1.29, 1.82) is 0 Å². The Morgan fingerprint density at radius 1 is 1.00 bits per heavy atom. The second-order valence-corrected chi connectivity index (χ2v) is 2.53. The van der Waals surface area contributed by atoms with Gasteiger partial charge in [0, 0.05) is 6.07 Å².